The van der Waals surface area contributed by atoms with Crippen LogP contribution in [0.25, 0.3) is 0 Å². The first-order valence-electron chi connectivity index (χ1n) is 16.9. The smallest absolute Gasteiger partial charge is 0.240 e. The van der Waals surface area contributed by atoms with E-state index in [4.69, 9.17) is 34.1 Å². The van der Waals surface area contributed by atoms with Crippen LogP contribution in [0.5, 0.6) is 0 Å². The molecule has 0 saturated heterocycles. The summed E-state index contributed by atoms with van der Waals surface area (Å²) in [6.45, 7) is 2.00. The van der Waals surface area contributed by atoms with Crippen LogP contribution in [0.3, 0.4) is 0 Å². The summed E-state index contributed by atoms with van der Waals surface area (Å²) in [6.07, 6.45) is 10.7. The Morgan fingerprint density at radius 2 is 1.27 bits per heavy atom. The van der Waals surface area contributed by atoms with Crippen LogP contribution in [-0.2, 0) is 22.9 Å². The summed E-state index contributed by atoms with van der Waals surface area (Å²) in [5.41, 5.74) is 8.79. The summed E-state index contributed by atoms with van der Waals surface area (Å²) in [6, 6.07) is 22.3. The molecule has 2 aliphatic carbocycles. The first-order valence-corrected chi connectivity index (χ1v) is 19.2. The second-order valence-electron chi connectivity index (χ2n) is 13.1. The highest BCUT2D eigenvalue weighted by molar-refractivity contribution is 7.89. The van der Waals surface area contributed by atoms with Gasteiger partial charge in [0.25, 0.3) is 0 Å². The van der Waals surface area contributed by atoms with Crippen LogP contribution >= 0.6 is 23.2 Å². The van der Waals surface area contributed by atoms with Crippen molar-refractivity contribution in [1.82, 2.24) is 14.5 Å². The summed E-state index contributed by atoms with van der Waals surface area (Å²) < 4.78 is 28.4. The van der Waals surface area contributed by atoms with Crippen molar-refractivity contribution in [3.8, 4) is 0 Å². The van der Waals surface area contributed by atoms with Crippen molar-refractivity contribution >= 4 is 38.9 Å². The molecule has 0 amide bonds. The minimum atomic E-state index is -3.70. The Morgan fingerprint density at radius 1 is 0.792 bits per heavy atom. The van der Waals surface area contributed by atoms with Gasteiger partial charge in [-0.15, -0.1) is 0 Å². The molecular formula is C36H51Cl2N5O4S. The van der Waals surface area contributed by atoms with E-state index in [-0.39, 0.29) is 22.7 Å². The zero-order valence-electron chi connectivity index (χ0n) is 28.0. The van der Waals surface area contributed by atoms with Gasteiger partial charge in [0.2, 0.25) is 10.0 Å². The highest BCUT2D eigenvalue weighted by atomic mass is 35.5. The molecule has 0 bridgehead atoms. The van der Waals surface area contributed by atoms with E-state index >= 15 is 0 Å². The fraction of sp³-hybridized carbons (Fsp3) is 0.500. The molecule has 9 nitrogen and oxygen atoms in total. The van der Waals surface area contributed by atoms with Gasteiger partial charge < -0.3 is 20.7 Å². The normalized spacial score (nSPS) is 21.8. The molecule has 264 valence electrons. The molecular weight excluding hydrogens is 669 g/mol. The molecule has 2 fully saturated rings. The Kier molecular flexibility index (Phi) is 15.1. The molecule has 2 aliphatic rings. The molecule has 48 heavy (non-hydrogen) atoms. The number of hydrogen-bond donors (Lipinski definition) is 4. The van der Waals surface area contributed by atoms with Crippen LogP contribution in [-0.4, -0.2) is 74.8 Å². The number of halogens is 2. The van der Waals surface area contributed by atoms with Gasteiger partial charge in [-0.05, 0) is 126 Å². The number of sulfonamides is 1. The van der Waals surface area contributed by atoms with Crippen LogP contribution < -0.4 is 15.7 Å². The first-order chi connectivity index (χ1) is 22.9. The SMILES string of the molecule is CN(CCCc1ccc(Cl)cc1)[C@@H]1CCC[C@H]1N.CN(CCCc1ccc(Cl)cc1)[C@@H]1CCC[C@H]1NS(=O)(=O)c1ccc([NH+]([O-])O)cc1. The molecule has 0 aromatic heterocycles. The number of nitrogens with zero attached hydrogens (tertiary/aromatic N) is 2. The predicted octanol–water partition coefficient (Wildman–Crippen LogP) is 5.59. The van der Waals surface area contributed by atoms with Crippen molar-refractivity contribution in [1.29, 1.82) is 0 Å². The van der Waals surface area contributed by atoms with Crippen LogP contribution in [0.4, 0.5) is 5.69 Å². The molecule has 12 heteroatoms. The van der Waals surface area contributed by atoms with Gasteiger partial charge >= 0.3 is 0 Å². The van der Waals surface area contributed by atoms with Crippen molar-refractivity contribution in [3.05, 3.63) is 99.2 Å². The summed E-state index contributed by atoms with van der Waals surface area (Å²) in [4.78, 5) is 4.76. The van der Waals surface area contributed by atoms with Gasteiger partial charge in [-0.2, -0.15) is 5.23 Å². The van der Waals surface area contributed by atoms with E-state index in [2.05, 4.69) is 33.7 Å². The summed E-state index contributed by atoms with van der Waals surface area (Å²) in [5, 5.41) is 20.4. The zero-order chi connectivity index (χ0) is 34.7. The summed E-state index contributed by atoms with van der Waals surface area (Å²) in [7, 11) is 0.546. The first kappa shape index (κ1) is 38.7. The maximum absolute atomic E-state index is 12.8. The molecule has 3 aromatic rings. The number of quaternary nitrogens is 1. The number of nitrogens with two attached hydrogens (primary N) is 1. The largest absolute Gasteiger partial charge is 0.595 e. The molecule has 0 aliphatic heterocycles. The number of nitrogens with one attached hydrogen (secondary N) is 2. The van der Waals surface area contributed by atoms with Crippen LogP contribution in [0.1, 0.15) is 62.5 Å². The molecule has 0 spiro atoms. The molecule has 5 rings (SSSR count). The van der Waals surface area contributed by atoms with E-state index in [1.165, 1.54) is 61.1 Å². The second-order valence-corrected chi connectivity index (χ2v) is 15.7. The second kappa shape index (κ2) is 18.8. The predicted molar refractivity (Wildman–Crippen MR) is 194 cm³/mol. The van der Waals surface area contributed by atoms with E-state index in [1.54, 1.807) is 0 Å². The van der Waals surface area contributed by atoms with Gasteiger partial charge in [-0.25, -0.2) is 18.3 Å². The van der Waals surface area contributed by atoms with Crippen molar-refractivity contribution in [2.45, 2.75) is 93.3 Å². The van der Waals surface area contributed by atoms with Gasteiger partial charge in [0.15, 0.2) is 5.69 Å². The maximum atomic E-state index is 12.8. The number of benzene rings is 3. The van der Waals surface area contributed by atoms with Crippen LogP contribution in [0, 0.1) is 5.21 Å². The number of hydrogen-bond acceptors (Lipinski definition) is 7. The van der Waals surface area contributed by atoms with Gasteiger partial charge in [-0.3, -0.25) is 0 Å². The minimum absolute atomic E-state index is 0.0631. The van der Waals surface area contributed by atoms with Crippen molar-refractivity contribution < 1.29 is 18.9 Å². The molecule has 2 saturated carbocycles. The maximum Gasteiger partial charge on any atom is 0.240 e. The molecule has 0 heterocycles. The van der Waals surface area contributed by atoms with E-state index < -0.39 is 15.2 Å². The summed E-state index contributed by atoms with van der Waals surface area (Å²) >= 11 is 11.8. The van der Waals surface area contributed by atoms with Crippen molar-refractivity contribution in [2.75, 3.05) is 27.2 Å². The van der Waals surface area contributed by atoms with E-state index in [1.807, 2.05) is 43.4 Å². The highest BCUT2D eigenvalue weighted by Gasteiger charge is 2.33. The Labute approximate surface area is 296 Å². The minimum Gasteiger partial charge on any atom is -0.595 e. The Hall–Kier alpha value is -2.09. The molecule has 1 unspecified atom stereocenters. The van der Waals surface area contributed by atoms with Crippen molar-refractivity contribution in [2.24, 2.45) is 5.73 Å². The summed E-state index contributed by atoms with van der Waals surface area (Å²) in [5.74, 6) is 0. The number of aryl methyl sites for hydroxylation is 2. The lowest BCUT2D eigenvalue weighted by atomic mass is 10.1. The molecule has 3 aromatic carbocycles. The van der Waals surface area contributed by atoms with E-state index in [0.29, 0.717) is 12.1 Å². The molecule has 0 radical (unpaired) electrons. The van der Waals surface area contributed by atoms with Crippen LogP contribution in [0.2, 0.25) is 10.0 Å². The lowest BCUT2D eigenvalue weighted by Crippen LogP contribution is -2.99. The number of likely N-dealkylation sites (N-methyl/N-ethyl adjacent to an activating group) is 2. The van der Waals surface area contributed by atoms with Crippen molar-refractivity contribution in [3.63, 3.8) is 0 Å². The lowest BCUT2D eigenvalue weighted by molar-refractivity contribution is -0.991. The molecule has 5 N–H and O–H groups in total. The lowest BCUT2D eigenvalue weighted by Gasteiger charge is -2.30. The van der Waals surface area contributed by atoms with Crippen LogP contribution in [0.15, 0.2) is 77.7 Å². The average Bonchev–Trinajstić information content (AvgIpc) is 3.71. The number of rotatable bonds is 14. The highest BCUT2D eigenvalue weighted by Crippen LogP contribution is 2.26. The quantitative estimate of drug-likeness (QED) is 0.160. The standard InChI is InChI=1S/C21H28ClN3O4S.C15H23ClN2/c1-24(15-3-4-16-7-9-17(22)10-8-16)21-6-2-5-20(21)23-30(28,29)19-13-11-18(12-14-19)25(26)27;1-18(15-6-2-5-14(15)17)11-3-4-12-7-9-13(16)10-8-12/h7-14,20-21,23,25-26H,2-6,15H2,1H3;7-10,14-15H,2-6,11,17H2,1H3/t20-,21-;14-,15-/m11/s1. The van der Waals surface area contributed by atoms with E-state index in [9.17, 15) is 13.6 Å². The Balaban J connectivity index is 0.000000246. The third kappa shape index (κ3) is 11.8. The average molecular weight is 721 g/mol. The zero-order valence-corrected chi connectivity index (χ0v) is 30.4. The van der Waals surface area contributed by atoms with Gasteiger partial charge in [0, 0.05) is 46.3 Å². The fourth-order valence-corrected chi connectivity index (χ4v) is 8.42. The third-order valence-corrected chi connectivity index (χ3v) is 11.7. The van der Waals surface area contributed by atoms with Gasteiger partial charge in [-0.1, -0.05) is 60.3 Å². The monoisotopic (exact) mass is 719 g/mol. The van der Waals surface area contributed by atoms with Gasteiger partial charge in [0.1, 0.15) is 0 Å². The third-order valence-electron chi connectivity index (χ3n) is 9.64. The Bertz CT molecular complexity index is 1490. The molecule has 5 atom stereocenters. The topological polar surface area (TPSA) is 126 Å². The Morgan fingerprint density at radius 3 is 1.75 bits per heavy atom. The van der Waals surface area contributed by atoms with E-state index in [0.717, 1.165) is 61.7 Å². The fourth-order valence-electron chi connectivity index (χ4n) is 6.86. The van der Waals surface area contributed by atoms with Gasteiger partial charge in [0.05, 0.1) is 4.90 Å².